The molecule has 3 rings (SSSR count). The topological polar surface area (TPSA) is 65.5 Å². The molecule has 2 heterocycles. The number of hydrogen-bond acceptors (Lipinski definition) is 4. The number of nitrogens with one attached hydrogen (secondary N) is 1. The Morgan fingerprint density at radius 3 is 2.81 bits per heavy atom. The van der Waals surface area contributed by atoms with E-state index in [4.69, 9.17) is 0 Å². The first-order valence-corrected chi connectivity index (χ1v) is 6.67. The number of anilines is 1. The van der Waals surface area contributed by atoms with E-state index in [1.165, 1.54) is 0 Å². The van der Waals surface area contributed by atoms with E-state index in [0.717, 1.165) is 16.2 Å². The van der Waals surface area contributed by atoms with E-state index >= 15 is 0 Å². The number of aromatic nitrogens is 1. The quantitative estimate of drug-likeness (QED) is 0.903. The summed E-state index contributed by atoms with van der Waals surface area (Å²) in [5.74, 6) is -0.180. The van der Waals surface area contributed by atoms with Gasteiger partial charge in [-0.15, -0.1) is 0 Å². The number of amides is 1. The normalized spacial score (nSPS) is 13.4. The molecule has 1 aliphatic rings. The van der Waals surface area contributed by atoms with Crippen molar-refractivity contribution in [2.75, 3.05) is 11.6 Å². The third-order valence-electron chi connectivity index (χ3n) is 3.36. The van der Waals surface area contributed by atoms with Crippen LogP contribution in [0.4, 0.5) is 5.69 Å². The zero-order valence-corrected chi connectivity index (χ0v) is 11.4. The van der Waals surface area contributed by atoms with Gasteiger partial charge in [0.2, 0.25) is 5.91 Å². The molecule has 0 saturated heterocycles. The average molecular weight is 281 g/mol. The smallest absolute Gasteiger partial charge is 0.249 e. The van der Waals surface area contributed by atoms with Crippen molar-refractivity contribution in [2.24, 2.45) is 0 Å². The molecule has 5 heteroatoms. The number of hydroxylamine groups is 1. The van der Waals surface area contributed by atoms with Crippen molar-refractivity contribution >= 4 is 17.7 Å². The van der Waals surface area contributed by atoms with Gasteiger partial charge in [-0.3, -0.25) is 20.0 Å². The molecule has 0 aliphatic carbocycles. The first-order chi connectivity index (χ1) is 10.2. The third-order valence-corrected chi connectivity index (χ3v) is 3.36. The Kier molecular flexibility index (Phi) is 3.66. The van der Waals surface area contributed by atoms with Crippen LogP contribution in [0.1, 0.15) is 11.1 Å². The van der Waals surface area contributed by atoms with E-state index in [2.05, 4.69) is 10.3 Å². The highest BCUT2D eigenvalue weighted by Crippen LogP contribution is 2.26. The molecule has 0 spiro atoms. The van der Waals surface area contributed by atoms with Crippen LogP contribution in [0.5, 0.6) is 0 Å². The van der Waals surface area contributed by atoms with E-state index in [1.807, 2.05) is 42.5 Å². The van der Waals surface area contributed by atoms with Crippen molar-refractivity contribution in [3.05, 3.63) is 65.5 Å². The molecule has 1 aromatic heterocycles. The van der Waals surface area contributed by atoms with Gasteiger partial charge in [0, 0.05) is 30.1 Å². The lowest BCUT2D eigenvalue weighted by molar-refractivity contribution is -0.117. The van der Waals surface area contributed by atoms with Crippen LogP contribution < -0.4 is 10.4 Å². The van der Waals surface area contributed by atoms with Gasteiger partial charge in [0.15, 0.2) is 0 Å². The second-order valence-corrected chi connectivity index (χ2v) is 4.82. The summed E-state index contributed by atoms with van der Waals surface area (Å²) >= 11 is 0. The molecule has 0 fully saturated rings. The summed E-state index contributed by atoms with van der Waals surface area (Å²) in [6, 6.07) is 11.1. The molecule has 5 nitrogen and oxygen atoms in total. The fourth-order valence-corrected chi connectivity index (χ4v) is 2.26. The fourth-order valence-electron chi connectivity index (χ4n) is 2.26. The Labute approximate surface area is 122 Å². The molecule has 106 valence electrons. The molecule has 1 amide bonds. The minimum absolute atomic E-state index is 0.180. The van der Waals surface area contributed by atoms with Gasteiger partial charge in [-0.2, -0.15) is 0 Å². The largest absolute Gasteiger partial charge is 0.348 e. The fraction of sp³-hybridized carbons (Fsp3) is 0.125. The molecule has 0 radical (unpaired) electrons. The number of carbonyl (C=O) groups is 1. The molecule has 2 aromatic rings. The molecule has 1 aromatic carbocycles. The number of carbonyl (C=O) groups excluding carboxylic acids is 1. The maximum atomic E-state index is 12.2. The van der Waals surface area contributed by atoms with E-state index in [1.54, 1.807) is 12.4 Å². The Balaban J connectivity index is 1.73. The van der Waals surface area contributed by atoms with Gasteiger partial charge in [0.25, 0.3) is 0 Å². The monoisotopic (exact) mass is 281 g/mol. The molecule has 0 unspecified atom stereocenters. The van der Waals surface area contributed by atoms with Gasteiger partial charge < -0.3 is 5.32 Å². The van der Waals surface area contributed by atoms with Crippen molar-refractivity contribution in [1.29, 1.82) is 0 Å². The first kappa shape index (κ1) is 13.3. The summed E-state index contributed by atoms with van der Waals surface area (Å²) in [5.41, 5.74) is 3.06. The van der Waals surface area contributed by atoms with Crippen LogP contribution in [0, 0.1) is 0 Å². The molecular weight excluding hydrogens is 266 g/mol. The van der Waals surface area contributed by atoms with Crippen LogP contribution in [0.3, 0.4) is 0 Å². The van der Waals surface area contributed by atoms with Crippen LogP contribution in [0.2, 0.25) is 0 Å². The summed E-state index contributed by atoms with van der Waals surface area (Å²) in [4.78, 5) is 16.1. The number of benzene rings is 1. The molecular formula is C16H15N3O2. The second-order valence-electron chi connectivity index (χ2n) is 4.82. The van der Waals surface area contributed by atoms with Gasteiger partial charge in [-0.1, -0.05) is 18.2 Å². The highest BCUT2D eigenvalue weighted by molar-refractivity contribution is 6.00. The van der Waals surface area contributed by atoms with Crippen LogP contribution in [0.15, 0.2) is 54.4 Å². The van der Waals surface area contributed by atoms with Crippen molar-refractivity contribution in [3.63, 3.8) is 0 Å². The zero-order valence-electron chi connectivity index (χ0n) is 11.4. The Morgan fingerprint density at radius 1 is 1.24 bits per heavy atom. The molecule has 21 heavy (non-hydrogen) atoms. The highest BCUT2D eigenvalue weighted by atomic mass is 16.5. The van der Waals surface area contributed by atoms with Crippen LogP contribution >= 0.6 is 0 Å². The van der Waals surface area contributed by atoms with Gasteiger partial charge in [-0.25, -0.2) is 0 Å². The summed E-state index contributed by atoms with van der Waals surface area (Å²) in [7, 11) is 0. The molecule has 0 atom stereocenters. The Morgan fingerprint density at radius 2 is 2.00 bits per heavy atom. The number of para-hydroxylation sites is 1. The molecule has 0 saturated carbocycles. The van der Waals surface area contributed by atoms with Gasteiger partial charge in [-0.05, 0) is 29.8 Å². The predicted molar refractivity (Wildman–Crippen MR) is 79.6 cm³/mol. The summed E-state index contributed by atoms with van der Waals surface area (Å²) in [6.07, 6.45) is 5.18. The highest BCUT2D eigenvalue weighted by Gasteiger charge is 2.20. The minimum atomic E-state index is -0.180. The molecule has 2 N–H and O–H groups in total. The third kappa shape index (κ3) is 2.93. The summed E-state index contributed by atoms with van der Waals surface area (Å²) in [6.45, 7) is 0.616. The van der Waals surface area contributed by atoms with E-state index in [9.17, 15) is 10.0 Å². The Hall–Kier alpha value is -2.66. The minimum Gasteiger partial charge on any atom is -0.348 e. The van der Waals surface area contributed by atoms with E-state index in [-0.39, 0.29) is 12.5 Å². The van der Waals surface area contributed by atoms with Gasteiger partial charge in [0.1, 0.15) is 0 Å². The number of rotatable bonds is 3. The summed E-state index contributed by atoms with van der Waals surface area (Å²) < 4.78 is 0. The maximum absolute atomic E-state index is 12.2. The average Bonchev–Trinajstić information content (AvgIpc) is 2.53. The van der Waals surface area contributed by atoms with Crippen molar-refractivity contribution in [1.82, 2.24) is 10.3 Å². The van der Waals surface area contributed by atoms with Crippen LogP contribution in [-0.4, -0.2) is 22.6 Å². The standard InChI is InChI=1S/C16H15N3O2/c20-16(18-10-12-5-7-17-8-6-12)14-9-13-3-1-2-4-15(13)19(21)11-14/h1-9,21H,10-11H2,(H,18,20). The van der Waals surface area contributed by atoms with Crippen molar-refractivity contribution in [2.45, 2.75) is 6.54 Å². The number of nitrogens with zero attached hydrogens (tertiary/aromatic N) is 2. The van der Waals surface area contributed by atoms with Gasteiger partial charge >= 0.3 is 0 Å². The predicted octanol–water partition coefficient (Wildman–Crippen LogP) is 1.99. The maximum Gasteiger partial charge on any atom is 0.249 e. The summed E-state index contributed by atoms with van der Waals surface area (Å²) in [5, 5.41) is 13.9. The first-order valence-electron chi connectivity index (χ1n) is 6.67. The van der Waals surface area contributed by atoms with Crippen LogP contribution in [-0.2, 0) is 11.3 Å². The SMILES string of the molecule is O=C(NCc1ccncc1)C1=Cc2ccccc2N(O)C1. The molecule has 1 aliphatic heterocycles. The Bertz CT molecular complexity index is 683. The number of fused-ring (bicyclic) bond motifs is 1. The lowest BCUT2D eigenvalue weighted by atomic mass is 10.0. The number of pyridine rings is 1. The van der Waals surface area contributed by atoms with E-state index < -0.39 is 0 Å². The zero-order chi connectivity index (χ0) is 14.7. The lowest BCUT2D eigenvalue weighted by Gasteiger charge is -2.25. The van der Waals surface area contributed by atoms with Crippen LogP contribution in [0.25, 0.3) is 6.08 Å². The lowest BCUT2D eigenvalue weighted by Crippen LogP contribution is -2.33. The van der Waals surface area contributed by atoms with Crippen molar-refractivity contribution < 1.29 is 10.0 Å². The second kappa shape index (κ2) is 5.76. The van der Waals surface area contributed by atoms with E-state index in [0.29, 0.717) is 17.8 Å². The van der Waals surface area contributed by atoms with Crippen molar-refractivity contribution in [3.8, 4) is 0 Å². The number of hydrogen-bond donors (Lipinski definition) is 2. The van der Waals surface area contributed by atoms with Gasteiger partial charge in [0.05, 0.1) is 12.2 Å². The molecule has 0 bridgehead atoms.